The van der Waals surface area contributed by atoms with E-state index in [1.165, 1.54) is 13.2 Å². The number of carbonyl (C=O) groups excluding carboxylic acids is 3. The molecule has 0 aliphatic carbocycles. The van der Waals surface area contributed by atoms with Gasteiger partial charge in [0.25, 0.3) is 5.91 Å². The number of pyridine rings is 1. The molecule has 0 spiro atoms. The number of ether oxygens (including phenoxy) is 1. The molecule has 3 rings (SSSR count). The molecule has 2 N–H and O–H groups in total. The van der Waals surface area contributed by atoms with E-state index in [2.05, 4.69) is 15.6 Å². The van der Waals surface area contributed by atoms with Crippen LogP contribution in [0, 0.1) is 11.7 Å². The minimum Gasteiger partial charge on any atom is -0.382 e. The Hall–Kier alpha value is -2.75. The van der Waals surface area contributed by atoms with Crippen LogP contribution in [0.15, 0.2) is 18.5 Å². The van der Waals surface area contributed by atoms with Crippen molar-refractivity contribution in [2.75, 3.05) is 44.8 Å². The molecule has 2 aliphatic heterocycles. The highest BCUT2D eigenvalue weighted by Crippen LogP contribution is 2.24. The highest BCUT2D eigenvalue weighted by Gasteiger charge is 2.48. The summed E-state index contributed by atoms with van der Waals surface area (Å²) in [7, 11) is 1.44. The molecule has 1 aromatic heterocycles. The molecule has 152 valence electrons. The molecule has 0 bridgehead atoms. The van der Waals surface area contributed by atoms with Crippen LogP contribution in [0.25, 0.3) is 0 Å². The monoisotopic (exact) mass is 393 g/mol. The summed E-state index contributed by atoms with van der Waals surface area (Å²) >= 11 is 0. The van der Waals surface area contributed by atoms with Crippen molar-refractivity contribution in [1.29, 1.82) is 0 Å². The zero-order chi connectivity index (χ0) is 20.3. The zero-order valence-corrected chi connectivity index (χ0v) is 15.9. The average molecular weight is 393 g/mol. The maximum absolute atomic E-state index is 13.4. The summed E-state index contributed by atoms with van der Waals surface area (Å²) in [6.45, 7) is 3.81. The molecule has 3 heterocycles. The Bertz CT molecular complexity index is 768. The maximum Gasteiger partial charge on any atom is 0.322 e. The van der Waals surface area contributed by atoms with Gasteiger partial charge in [-0.25, -0.2) is 9.18 Å². The van der Waals surface area contributed by atoms with E-state index in [1.807, 2.05) is 4.90 Å². The predicted octanol–water partition coefficient (Wildman–Crippen LogP) is 0.120. The Morgan fingerprint density at radius 1 is 1.32 bits per heavy atom. The van der Waals surface area contributed by atoms with Crippen molar-refractivity contribution in [2.24, 2.45) is 5.92 Å². The largest absolute Gasteiger partial charge is 0.382 e. The van der Waals surface area contributed by atoms with E-state index < -0.39 is 29.2 Å². The number of methoxy groups -OCH3 is 1. The number of rotatable bonds is 6. The molecule has 0 radical (unpaired) electrons. The summed E-state index contributed by atoms with van der Waals surface area (Å²) < 4.78 is 18.5. The fraction of sp³-hybridized carbons (Fsp3) is 0.556. The van der Waals surface area contributed by atoms with E-state index in [-0.39, 0.29) is 18.9 Å². The second-order valence-electron chi connectivity index (χ2n) is 7.20. The van der Waals surface area contributed by atoms with E-state index in [0.717, 1.165) is 6.20 Å². The number of amides is 4. The number of nitrogens with one attached hydrogen (secondary N) is 2. The lowest BCUT2D eigenvalue weighted by Gasteiger charge is -2.38. The molecule has 0 saturated carbocycles. The van der Waals surface area contributed by atoms with Crippen LogP contribution in [0.5, 0.6) is 0 Å². The highest BCUT2D eigenvalue weighted by atomic mass is 19.1. The molecule has 28 heavy (non-hydrogen) atoms. The third kappa shape index (κ3) is 4.06. The van der Waals surface area contributed by atoms with Crippen molar-refractivity contribution < 1.29 is 23.5 Å². The van der Waals surface area contributed by atoms with Crippen LogP contribution < -0.4 is 15.5 Å². The Labute approximate surface area is 162 Å². The molecule has 2 unspecified atom stereocenters. The number of piperazine rings is 1. The predicted molar refractivity (Wildman–Crippen MR) is 98.1 cm³/mol. The van der Waals surface area contributed by atoms with E-state index in [9.17, 15) is 18.8 Å². The highest BCUT2D eigenvalue weighted by molar-refractivity contribution is 6.07. The van der Waals surface area contributed by atoms with Gasteiger partial charge in [-0.3, -0.25) is 19.9 Å². The topological polar surface area (TPSA) is 104 Å². The minimum absolute atomic E-state index is 0.0114. The lowest BCUT2D eigenvalue weighted by atomic mass is 9.88. The normalized spacial score (nSPS) is 23.4. The van der Waals surface area contributed by atoms with Gasteiger partial charge in [0, 0.05) is 45.3 Å². The van der Waals surface area contributed by atoms with Gasteiger partial charge in [0.2, 0.25) is 5.91 Å². The van der Waals surface area contributed by atoms with Crippen molar-refractivity contribution in [3.8, 4) is 0 Å². The Balaban J connectivity index is 1.60. The molecule has 2 fully saturated rings. The van der Waals surface area contributed by atoms with Crippen LogP contribution in [0.1, 0.15) is 13.3 Å². The maximum atomic E-state index is 13.4. The van der Waals surface area contributed by atoms with E-state index >= 15 is 0 Å². The third-order valence-electron chi connectivity index (χ3n) is 5.13. The summed E-state index contributed by atoms with van der Waals surface area (Å²) in [6.07, 6.45) is 2.89. The van der Waals surface area contributed by atoms with Crippen LogP contribution >= 0.6 is 0 Å². The minimum atomic E-state index is -1.24. The number of urea groups is 1. The number of hydrogen-bond acceptors (Lipinski definition) is 6. The molecule has 1 aromatic rings. The fourth-order valence-electron chi connectivity index (χ4n) is 3.76. The Morgan fingerprint density at radius 2 is 2.04 bits per heavy atom. The number of halogens is 1. The first kappa shape index (κ1) is 20.0. The number of hydrogen-bond donors (Lipinski definition) is 2. The molecule has 2 saturated heterocycles. The van der Waals surface area contributed by atoms with Crippen LogP contribution in [0.4, 0.5) is 14.9 Å². The quantitative estimate of drug-likeness (QED) is 0.666. The van der Waals surface area contributed by atoms with E-state index in [4.69, 9.17) is 4.74 Å². The lowest BCUT2D eigenvalue weighted by Crippen LogP contribution is -2.55. The smallest absolute Gasteiger partial charge is 0.322 e. The van der Waals surface area contributed by atoms with Gasteiger partial charge in [-0.1, -0.05) is 6.92 Å². The van der Waals surface area contributed by atoms with Gasteiger partial charge < -0.3 is 19.9 Å². The fourth-order valence-corrected chi connectivity index (χ4v) is 3.76. The molecule has 9 nitrogen and oxygen atoms in total. The summed E-state index contributed by atoms with van der Waals surface area (Å²) in [5.41, 5.74) is -0.555. The van der Waals surface area contributed by atoms with Crippen molar-refractivity contribution in [1.82, 2.24) is 20.5 Å². The Kier molecular flexibility index (Phi) is 5.78. The summed E-state index contributed by atoms with van der Waals surface area (Å²) in [5, 5.41) is 4.80. The third-order valence-corrected chi connectivity index (χ3v) is 5.13. The average Bonchev–Trinajstić information content (AvgIpc) is 2.94. The first-order chi connectivity index (χ1) is 13.3. The molecule has 2 atom stereocenters. The van der Waals surface area contributed by atoms with Gasteiger partial charge in [-0.15, -0.1) is 0 Å². The standard InChI is InChI=1S/C18H24FN5O4/c1-12(8-18(11-28-2)16(26)21-17(27)22-18)15(25)24-5-3-23(4-6-24)14-7-13(19)9-20-10-14/h7,9-10,12H,3-6,8,11H2,1-2H3,(H2,21,22,26,27). The summed E-state index contributed by atoms with van der Waals surface area (Å²) in [4.78, 5) is 44.2. The number of nitrogens with zero attached hydrogens (tertiary/aromatic N) is 3. The van der Waals surface area contributed by atoms with Crippen molar-refractivity contribution in [3.05, 3.63) is 24.3 Å². The molecular formula is C18H24FN5O4. The number of aromatic nitrogens is 1. The van der Waals surface area contributed by atoms with Gasteiger partial charge in [-0.05, 0) is 6.42 Å². The van der Waals surface area contributed by atoms with E-state index in [0.29, 0.717) is 31.9 Å². The summed E-state index contributed by atoms with van der Waals surface area (Å²) in [5.74, 6) is -1.46. The molecule has 10 heteroatoms. The number of imide groups is 1. The van der Waals surface area contributed by atoms with Gasteiger partial charge in [0.15, 0.2) is 0 Å². The van der Waals surface area contributed by atoms with Crippen molar-refractivity contribution in [3.63, 3.8) is 0 Å². The van der Waals surface area contributed by atoms with Crippen molar-refractivity contribution >= 4 is 23.5 Å². The van der Waals surface area contributed by atoms with Gasteiger partial charge in [-0.2, -0.15) is 0 Å². The van der Waals surface area contributed by atoms with Crippen molar-refractivity contribution in [2.45, 2.75) is 18.9 Å². The molecule has 2 aliphatic rings. The first-order valence-electron chi connectivity index (χ1n) is 9.11. The molecular weight excluding hydrogens is 369 g/mol. The second-order valence-corrected chi connectivity index (χ2v) is 7.20. The zero-order valence-electron chi connectivity index (χ0n) is 15.9. The first-order valence-corrected chi connectivity index (χ1v) is 9.11. The molecule has 4 amide bonds. The van der Waals surface area contributed by atoms with Crippen LogP contribution in [0.3, 0.4) is 0 Å². The van der Waals surface area contributed by atoms with Gasteiger partial charge in [0.1, 0.15) is 11.4 Å². The SMILES string of the molecule is COCC1(CC(C)C(=O)N2CCN(c3cncc(F)c3)CC2)NC(=O)NC1=O. The molecule has 0 aromatic carbocycles. The van der Waals surface area contributed by atoms with Gasteiger partial charge in [0.05, 0.1) is 24.7 Å². The Morgan fingerprint density at radius 3 is 2.61 bits per heavy atom. The summed E-state index contributed by atoms with van der Waals surface area (Å²) in [6, 6.07) is 0.835. The van der Waals surface area contributed by atoms with E-state index in [1.54, 1.807) is 18.0 Å². The second kappa shape index (κ2) is 8.09. The van der Waals surface area contributed by atoms with Crippen LogP contribution in [-0.2, 0) is 14.3 Å². The van der Waals surface area contributed by atoms with Crippen LogP contribution in [0.2, 0.25) is 0 Å². The number of carbonyl (C=O) groups is 3. The van der Waals surface area contributed by atoms with Crippen LogP contribution in [-0.4, -0.2) is 73.2 Å². The van der Waals surface area contributed by atoms with Gasteiger partial charge >= 0.3 is 6.03 Å². The lowest BCUT2D eigenvalue weighted by molar-refractivity contribution is -0.137. The number of anilines is 1.